The standard InChI is InChI=1S/C23H21FN4O4S/c1-14-2-6-18(7-3-14)28-22(19-12-33(31,32)13-20(19)26-28)25-23(30)15-10-21(29)27(11-15)17-8-4-16(24)5-9-17/h2-9,15H,10-13H2,1H3,(H,25,30). The van der Waals surface area contributed by atoms with Crippen molar-refractivity contribution in [2.24, 2.45) is 5.92 Å². The number of benzene rings is 2. The summed E-state index contributed by atoms with van der Waals surface area (Å²) < 4.78 is 39.1. The Labute approximate surface area is 189 Å². The number of carbonyl (C=O) groups excluding carboxylic acids is 2. The van der Waals surface area contributed by atoms with E-state index in [1.165, 1.54) is 29.2 Å². The number of aromatic nitrogens is 2. The molecule has 1 saturated heterocycles. The largest absolute Gasteiger partial charge is 0.312 e. The number of sulfone groups is 1. The number of fused-ring (bicyclic) bond motifs is 1. The van der Waals surface area contributed by atoms with Gasteiger partial charge in [0.05, 0.1) is 28.8 Å². The van der Waals surface area contributed by atoms with E-state index in [-0.39, 0.29) is 30.4 Å². The summed E-state index contributed by atoms with van der Waals surface area (Å²) in [7, 11) is -3.32. The summed E-state index contributed by atoms with van der Waals surface area (Å²) in [4.78, 5) is 27.1. The summed E-state index contributed by atoms with van der Waals surface area (Å²) in [6, 6.07) is 13.0. The first-order valence-corrected chi connectivity index (χ1v) is 12.3. The fourth-order valence-corrected chi connectivity index (χ4v) is 5.71. The van der Waals surface area contributed by atoms with Gasteiger partial charge in [0.2, 0.25) is 11.8 Å². The molecule has 3 aromatic rings. The summed E-state index contributed by atoms with van der Waals surface area (Å²) in [6.45, 7) is 2.10. The number of hydrogen-bond acceptors (Lipinski definition) is 5. The van der Waals surface area contributed by atoms with E-state index in [1.807, 2.05) is 31.2 Å². The zero-order valence-electron chi connectivity index (χ0n) is 17.8. The number of aryl methyl sites for hydroxylation is 1. The Morgan fingerprint density at radius 1 is 1.06 bits per heavy atom. The van der Waals surface area contributed by atoms with Crippen LogP contribution in [0.5, 0.6) is 0 Å². The van der Waals surface area contributed by atoms with Gasteiger partial charge in [-0.3, -0.25) is 9.59 Å². The van der Waals surface area contributed by atoms with Crippen molar-refractivity contribution in [3.8, 4) is 5.69 Å². The van der Waals surface area contributed by atoms with Crippen molar-refractivity contribution >= 4 is 33.2 Å². The van der Waals surface area contributed by atoms with Crippen molar-refractivity contribution in [3.63, 3.8) is 0 Å². The molecule has 8 nitrogen and oxygen atoms in total. The number of hydrogen-bond donors (Lipinski definition) is 1. The predicted molar refractivity (Wildman–Crippen MR) is 120 cm³/mol. The van der Waals surface area contributed by atoms with Gasteiger partial charge in [0.15, 0.2) is 9.84 Å². The minimum atomic E-state index is -3.32. The van der Waals surface area contributed by atoms with Gasteiger partial charge < -0.3 is 10.2 Å². The summed E-state index contributed by atoms with van der Waals surface area (Å²) >= 11 is 0. The SMILES string of the molecule is Cc1ccc(-n2nc3c(c2NC(=O)C2CC(=O)N(c4ccc(F)cc4)C2)CS(=O)(=O)C3)cc1. The summed E-state index contributed by atoms with van der Waals surface area (Å²) in [5.41, 5.74) is 3.16. The van der Waals surface area contributed by atoms with Gasteiger partial charge in [0.1, 0.15) is 11.6 Å². The van der Waals surface area contributed by atoms with Crippen molar-refractivity contribution < 1.29 is 22.4 Å². The Morgan fingerprint density at radius 3 is 2.42 bits per heavy atom. The lowest BCUT2D eigenvalue weighted by Gasteiger charge is -2.17. The topological polar surface area (TPSA) is 101 Å². The smallest absolute Gasteiger partial charge is 0.230 e. The van der Waals surface area contributed by atoms with Gasteiger partial charge in [-0.2, -0.15) is 5.10 Å². The number of rotatable bonds is 4. The molecule has 1 fully saturated rings. The number of nitrogens with zero attached hydrogens (tertiary/aromatic N) is 3. The average Bonchev–Trinajstić information content (AvgIpc) is 3.40. The van der Waals surface area contributed by atoms with Gasteiger partial charge in [-0.05, 0) is 43.3 Å². The molecule has 5 rings (SSSR count). The minimum absolute atomic E-state index is 0.00235. The molecule has 1 atom stereocenters. The highest BCUT2D eigenvalue weighted by molar-refractivity contribution is 7.90. The van der Waals surface area contributed by atoms with Crippen LogP contribution < -0.4 is 10.2 Å². The van der Waals surface area contributed by atoms with E-state index in [0.717, 1.165) is 5.56 Å². The van der Waals surface area contributed by atoms with E-state index in [9.17, 15) is 22.4 Å². The molecule has 1 aromatic heterocycles. The molecule has 2 aliphatic rings. The zero-order valence-corrected chi connectivity index (χ0v) is 18.6. The second-order valence-corrected chi connectivity index (χ2v) is 10.5. The third-order valence-corrected chi connectivity index (χ3v) is 7.38. The Kier molecular flexibility index (Phi) is 5.04. The monoisotopic (exact) mass is 468 g/mol. The lowest BCUT2D eigenvalue weighted by Crippen LogP contribution is -2.29. The molecule has 0 saturated carbocycles. The molecular weight excluding hydrogens is 447 g/mol. The molecule has 1 unspecified atom stereocenters. The number of nitrogens with one attached hydrogen (secondary N) is 1. The number of carbonyl (C=O) groups is 2. The van der Waals surface area contributed by atoms with E-state index in [0.29, 0.717) is 28.5 Å². The van der Waals surface area contributed by atoms with Gasteiger partial charge in [-0.25, -0.2) is 17.5 Å². The lowest BCUT2D eigenvalue weighted by atomic mass is 10.1. The fourth-order valence-electron chi connectivity index (χ4n) is 4.22. The van der Waals surface area contributed by atoms with Gasteiger partial charge in [0, 0.05) is 24.2 Å². The van der Waals surface area contributed by atoms with Crippen LogP contribution in [0.3, 0.4) is 0 Å². The predicted octanol–water partition coefficient (Wildman–Crippen LogP) is 2.74. The third kappa shape index (κ3) is 4.02. The first-order valence-electron chi connectivity index (χ1n) is 10.5. The van der Waals surface area contributed by atoms with Crippen LogP contribution in [-0.4, -0.2) is 36.6 Å². The van der Waals surface area contributed by atoms with Crippen molar-refractivity contribution in [2.75, 3.05) is 16.8 Å². The van der Waals surface area contributed by atoms with Crippen LogP contribution in [0.25, 0.3) is 5.69 Å². The van der Waals surface area contributed by atoms with Crippen LogP contribution in [0, 0.1) is 18.7 Å². The van der Waals surface area contributed by atoms with Gasteiger partial charge >= 0.3 is 0 Å². The molecule has 10 heteroatoms. The van der Waals surface area contributed by atoms with Crippen molar-refractivity contribution in [1.82, 2.24) is 9.78 Å². The average molecular weight is 469 g/mol. The third-order valence-electron chi connectivity index (χ3n) is 5.94. The van der Waals surface area contributed by atoms with Crippen molar-refractivity contribution in [2.45, 2.75) is 24.9 Å². The number of anilines is 2. The van der Waals surface area contributed by atoms with Crippen LogP contribution >= 0.6 is 0 Å². The normalized spacial score (nSPS) is 19.0. The van der Waals surface area contributed by atoms with E-state index >= 15 is 0 Å². The molecule has 0 spiro atoms. The summed E-state index contributed by atoms with van der Waals surface area (Å²) in [5, 5.41) is 7.31. The maximum atomic E-state index is 13.2. The summed E-state index contributed by atoms with van der Waals surface area (Å²) in [5.74, 6) is -1.74. The molecule has 170 valence electrons. The Hall–Kier alpha value is -3.53. The Balaban J connectivity index is 1.43. The first kappa shape index (κ1) is 21.3. The molecule has 2 aromatic carbocycles. The van der Waals surface area contributed by atoms with E-state index in [4.69, 9.17) is 0 Å². The molecule has 33 heavy (non-hydrogen) atoms. The highest BCUT2D eigenvalue weighted by Gasteiger charge is 2.38. The van der Waals surface area contributed by atoms with Crippen molar-refractivity contribution in [1.29, 1.82) is 0 Å². The molecular formula is C23H21FN4O4S. The summed E-state index contributed by atoms with van der Waals surface area (Å²) in [6.07, 6.45) is 0.00235. The van der Waals surface area contributed by atoms with Crippen LogP contribution in [0.4, 0.5) is 15.9 Å². The quantitative estimate of drug-likeness (QED) is 0.635. The van der Waals surface area contributed by atoms with Crippen LogP contribution in [0.15, 0.2) is 48.5 Å². The highest BCUT2D eigenvalue weighted by atomic mass is 32.2. The highest BCUT2D eigenvalue weighted by Crippen LogP contribution is 2.34. The van der Waals surface area contributed by atoms with Crippen LogP contribution in [0.1, 0.15) is 23.2 Å². The van der Waals surface area contributed by atoms with Crippen molar-refractivity contribution in [3.05, 3.63) is 71.2 Å². The Bertz CT molecular complexity index is 1360. The second-order valence-electron chi connectivity index (χ2n) is 8.42. The molecule has 0 bridgehead atoms. The zero-order chi connectivity index (χ0) is 23.3. The minimum Gasteiger partial charge on any atom is -0.312 e. The maximum absolute atomic E-state index is 13.2. The molecule has 1 N–H and O–H groups in total. The fraction of sp³-hybridized carbons (Fsp3) is 0.261. The number of halogens is 1. The van der Waals surface area contributed by atoms with Gasteiger partial charge in [-0.1, -0.05) is 17.7 Å². The van der Waals surface area contributed by atoms with Crippen LogP contribution in [0.2, 0.25) is 0 Å². The van der Waals surface area contributed by atoms with Gasteiger partial charge in [-0.15, -0.1) is 0 Å². The van der Waals surface area contributed by atoms with E-state index in [1.54, 1.807) is 4.68 Å². The molecule has 2 amide bonds. The Morgan fingerprint density at radius 2 is 1.73 bits per heavy atom. The second kappa shape index (κ2) is 7.80. The van der Waals surface area contributed by atoms with E-state index < -0.39 is 27.5 Å². The first-order chi connectivity index (χ1) is 15.7. The van der Waals surface area contributed by atoms with E-state index in [2.05, 4.69) is 10.4 Å². The lowest BCUT2D eigenvalue weighted by molar-refractivity contribution is -0.122. The number of amides is 2. The molecule has 0 radical (unpaired) electrons. The molecule has 3 heterocycles. The molecule has 0 aliphatic carbocycles. The van der Waals surface area contributed by atoms with Crippen LogP contribution in [-0.2, 0) is 30.9 Å². The molecule has 2 aliphatic heterocycles. The van der Waals surface area contributed by atoms with Gasteiger partial charge in [0.25, 0.3) is 0 Å². The maximum Gasteiger partial charge on any atom is 0.230 e.